The van der Waals surface area contributed by atoms with Gasteiger partial charge in [0.25, 0.3) is 0 Å². The molecule has 0 aromatic carbocycles. The zero-order valence-electron chi connectivity index (χ0n) is 39.4. The molecule has 2 amide bonds. The van der Waals surface area contributed by atoms with Crippen LogP contribution in [0.2, 0.25) is 0 Å². The monoisotopic (exact) mass is 970 g/mol. The second-order valence-electron chi connectivity index (χ2n) is 16.3. The lowest BCUT2D eigenvalue weighted by atomic mass is 10.0. The fourth-order valence-corrected chi connectivity index (χ4v) is 7.40. The molecular weight excluding hydrogens is 884 g/mol. The Morgan fingerprint density at radius 2 is 0.734 bits per heavy atom. The quantitative estimate of drug-likeness (QED) is 0.0168. The molecule has 0 bridgehead atoms. The van der Waals surface area contributed by atoms with Gasteiger partial charge in [-0.15, -0.1) is 0 Å². The smallest absolute Gasteiger partial charge is 0.364 e. The maximum absolute atomic E-state index is 13.3. The van der Waals surface area contributed by atoms with E-state index < -0.39 is 12.1 Å². The number of rotatable bonds is 42. The number of carbonyl (C=O) groups is 3. The molecule has 0 saturated carbocycles. The molecule has 0 aliphatic carbocycles. The van der Waals surface area contributed by atoms with Gasteiger partial charge in [-0.05, 0) is 49.5 Å². The number of nitrogens with one attached hydrogen (secondary N) is 8. The van der Waals surface area contributed by atoms with E-state index in [1.807, 2.05) is 10.4 Å². The van der Waals surface area contributed by atoms with Crippen LogP contribution >= 0.6 is 36.7 Å². The predicted molar refractivity (Wildman–Crippen MR) is 267 cm³/mol. The summed E-state index contributed by atoms with van der Waals surface area (Å²) in [6, 6.07) is 0. The van der Waals surface area contributed by atoms with Gasteiger partial charge in [0.15, 0.2) is 15.3 Å². The molecule has 64 heavy (non-hydrogen) atoms. The maximum atomic E-state index is 13.3. The second-order valence-corrected chi connectivity index (χ2v) is 17.6. The van der Waals surface area contributed by atoms with Crippen molar-refractivity contribution < 1.29 is 32.4 Å². The van der Waals surface area contributed by atoms with Gasteiger partial charge in [0, 0.05) is 78.3 Å². The van der Waals surface area contributed by atoms with Crippen LogP contribution in [0, 0.1) is 0 Å². The number of unbranched alkanes of at least 4 members (excludes halogenated alkanes) is 22. The molecule has 0 radical (unpaired) electrons. The number of amides is 2. The third-order valence-corrected chi connectivity index (χ3v) is 11.4. The first-order valence-electron chi connectivity index (χ1n) is 24.5. The third kappa shape index (κ3) is 41.9. The van der Waals surface area contributed by atoms with Crippen LogP contribution in [-0.4, -0.2) is 110 Å². The highest BCUT2D eigenvalue weighted by molar-refractivity contribution is 7.80. The second kappa shape index (κ2) is 44.1. The lowest BCUT2D eigenvalue weighted by Crippen LogP contribution is -2.46. The highest BCUT2D eigenvalue weighted by atomic mass is 32.1. The van der Waals surface area contributed by atoms with Crippen LogP contribution in [0.3, 0.4) is 0 Å². The predicted octanol–water partition coefficient (Wildman–Crippen LogP) is 8.12. The van der Waals surface area contributed by atoms with Crippen LogP contribution in [0.1, 0.15) is 181 Å². The molecule has 0 atom stereocenters. The van der Waals surface area contributed by atoms with Crippen LogP contribution in [-0.2, 0) is 19.2 Å². The van der Waals surface area contributed by atoms with Gasteiger partial charge in [0.05, 0.1) is 0 Å². The molecule has 0 aromatic rings. The van der Waals surface area contributed by atoms with Crippen molar-refractivity contribution in [3.05, 3.63) is 0 Å². The van der Waals surface area contributed by atoms with Gasteiger partial charge in [0.2, 0.25) is 11.8 Å². The molecule has 0 aliphatic rings. The normalized spacial score (nSPS) is 11.1. The van der Waals surface area contributed by atoms with Crippen molar-refractivity contribution in [1.29, 1.82) is 0 Å². The van der Waals surface area contributed by atoms with Crippen LogP contribution in [0.15, 0.2) is 0 Å². The Bertz CT molecular complexity index is 1200. The van der Waals surface area contributed by atoms with Crippen LogP contribution in [0.4, 0.5) is 13.2 Å². The Morgan fingerprint density at radius 3 is 1.06 bits per heavy atom. The summed E-state index contributed by atoms with van der Waals surface area (Å²) in [4.78, 5) is 42.5. The average Bonchev–Trinajstić information content (AvgIpc) is 3.26. The zero-order valence-corrected chi connectivity index (χ0v) is 41.8. The van der Waals surface area contributed by atoms with Crippen LogP contribution in [0.5, 0.6) is 0 Å². The average molecular weight is 970 g/mol. The number of hydroxylamine groups is 1. The molecule has 8 N–H and O–H groups in total. The van der Waals surface area contributed by atoms with Gasteiger partial charge < -0.3 is 47.0 Å². The molecule has 0 aromatic heterocycles. The highest BCUT2D eigenvalue weighted by Crippen LogP contribution is 2.16. The fraction of sp³-hybridized carbons (Fsp3) is 0.867. The molecule has 0 unspecified atom stereocenters. The Hall–Kier alpha value is -2.77. The molecule has 374 valence electrons. The van der Waals surface area contributed by atoms with Gasteiger partial charge in [-0.3, -0.25) is 9.59 Å². The van der Waals surface area contributed by atoms with E-state index in [9.17, 15) is 27.6 Å². The van der Waals surface area contributed by atoms with E-state index in [4.69, 9.17) is 36.7 Å². The van der Waals surface area contributed by atoms with Crippen molar-refractivity contribution in [2.45, 2.75) is 187 Å². The SMILES string of the molecule is CCCCCCCCCCCCCCN(CCCCCCCCCCCCCC)C(=O)CCC(=O)NCCNC(=S)NCCNC(=S)NCCNC(=S)NCCNOC(=O)C(F)(F)F. The highest BCUT2D eigenvalue weighted by Gasteiger charge is 2.41. The van der Waals surface area contributed by atoms with E-state index in [1.165, 1.54) is 128 Å². The van der Waals surface area contributed by atoms with Gasteiger partial charge in [-0.25, -0.2) is 4.79 Å². The molecule has 19 heteroatoms. The number of hydrogen-bond acceptors (Lipinski definition) is 8. The van der Waals surface area contributed by atoms with Crippen molar-refractivity contribution in [2.75, 3.05) is 65.4 Å². The standard InChI is InChI=1S/C45H86F3N9O4S3/c1-3-5-7-9-11-13-15-17-19-21-23-25-37-57(38-26-24-22-20-18-16-14-12-10-8-6-4-2)40(59)28-27-39(58)49-29-30-50-42(62)51-31-32-52-43(63)53-33-34-54-44(64)55-35-36-56-61-41(60)45(46,47)48/h56H,3-38H2,1-2H3,(H,49,58)(H2,50,51,62)(H2,52,53,63)(H2,54,55,64). The number of alkyl halides is 3. The van der Waals surface area contributed by atoms with Crippen LogP contribution < -0.4 is 42.7 Å². The van der Waals surface area contributed by atoms with E-state index in [2.05, 4.69) is 55.9 Å². The first-order chi connectivity index (χ1) is 30.9. The Balaban J connectivity index is 4.22. The molecule has 0 saturated heterocycles. The minimum atomic E-state index is -5.06. The number of carbonyl (C=O) groups excluding carboxylic acids is 3. The minimum Gasteiger partial charge on any atom is -0.364 e. The van der Waals surface area contributed by atoms with Crippen molar-refractivity contribution in [3.8, 4) is 0 Å². The summed E-state index contributed by atoms with van der Waals surface area (Å²) < 4.78 is 36.3. The van der Waals surface area contributed by atoms with E-state index in [-0.39, 0.29) is 42.9 Å². The van der Waals surface area contributed by atoms with E-state index in [1.54, 1.807) is 0 Å². The fourth-order valence-electron chi connectivity index (χ4n) is 6.79. The topological polar surface area (TPSA) is 160 Å². The van der Waals surface area contributed by atoms with Gasteiger partial charge in [0.1, 0.15) is 0 Å². The number of nitrogens with zero attached hydrogens (tertiary/aromatic N) is 1. The summed E-state index contributed by atoms with van der Waals surface area (Å²) in [5.74, 6) is -2.39. The first kappa shape index (κ1) is 61.2. The van der Waals surface area contributed by atoms with Gasteiger partial charge in [-0.2, -0.15) is 18.7 Å². The Kier molecular flexibility index (Phi) is 42.2. The van der Waals surface area contributed by atoms with E-state index in [0.29, 0.717) is 49.5 Å². The summed E-state index contributed by atoms with van der Waals surface area (Å²) in [6.07, 6.45) is 26.2. The summed E-state index contributed by atoms with van der Waals surface area (Å²) in [7, 11) is 0. The third-order valence-electron chi connectivity index (χ3n) is 10.5. The number of thiocarbonyl (C=S) groups is 3. The minimum absolute atomic E-state index is 0.0769. The molecule has 0 spiro atoms. The molecular formula is C45H86F3N9O4S3. The summed E-state index contributed by atoms with van der Waals surface area (Å²) in [6.45, 7) is 8.79. The van der Waals surface area contributed by atoms with Crippen molar-refractivity contribution in [1.82, 2.24) is 47.6 Å². The molecule has 13 nitrogen and oxygen atoms in total. The van der Waals surface area contributed by atoms with Crippen molar-refractivity contribution >= 4 is 69.8 Å². The number of halogens is 3. The van der Waals surface area contributed by atoms with Gasteiger partial charge >= 0.3 is 12.1 Å². The summed E-state index contributed by atoms with van der Waals surface area (Å²) >= 11 is 15.7. The lowest BCUT2D eigenvalue weighted by molar-refractivity contribution is -0.206. The van der Waals surface area contributed by atoms with Crippen molar-refractivity contribution in [3.63, 3.8) is 0 Å². The van der Waals surface area contributed by atoms with E-state index in [0.717, 1.165) is 38.8 Å². The largest absolute Gasteiger partial charge is 0.492 e. The molecule has 0 rings (SSSR count). The molecule has 0 fully saturated rings. The van der Waals surface area contributed by atoms with Crippen LogP contribution in [0.25, 0.3) is 0 Å². The zero-order chi connectivity index (χ0) is 47.4. The van der Waals surface area contributed by atoms with Crippen molar-refractivity contribution in [2.24, 2.45) is 0 Å². The number of hydrogen-bond donors (Lipinski definition) is 8. The Labute approximate surface area is 400 Å². The van der Waals surface area contributed by atoms with E-state index >= 15 is 0 Å². The molecule has 0 heterocycles. The first-order valence-corrected chi connectivity index (χ1v) is 25.7. The van der Waals surface area contributed by atoms with Gasteiger partial charge in [-0.1, -0.05) is 155 Å². The maximum Gasteiger partial charge on any atom is 0.492 e. The summed E-state index contributed by atoms with van der Waals surface area (Å²) in [5.41, 5.74) is 1.91. The molecule has 0 aliphatic heterocycles. The Morgan fingerprint density at radius 1 is 0.438 bits per heavy atom. The summed E-state index contributed by atoms with van der Waals surface area (Å²) in [5, 5.41) is 21.9. The lowest BCUT2D eigenvalue weighted by Gasteiger charge is -2.23.